The molecule has 4 rings (SSSR count). The first-order chi connectivity index (χ1) is 17.3. The monoisotopic (exact) mass is 521 g/mol. The molecular formula is C29H28ClNO4S. The van der Waals surface area contributed by atoms with E-state index in [9.17, 15) is 9.59 Å². The Labute approximate surface area is 221 Å². The summed E-state index contributed by atoms with van der Waals surface area (Å²) in [6, 6.07) is 21.0. The summed E-state index contributed by atoms with van der Waals surface area (Å²) in [5.74, 6) is 1.49. The third-order valence-electron chi connectivity index (χ3n) is 5.77. The normalized spacial score (nSPS) is 14.7. The lowest BCUT2D eigenvalue weighted by atomic mass is 10.0. The molecular weight excluding hydrogens is 494 g/mol. The minimum absolute atomic E-state index is 0.197. The van der Waals surface area contributed by atoms with Crippen molar-refractivity contribution >= 4 is 40.6 Å². The van der Waals surface area contributed by atoms with Gasteiger partial charge in [-0.2, -0.15) is 0 Å². The summed E-state index contributed by atoms with van der Waals surface area (Å²) in [6.07, 6.45) is 1.72. The average Bonchev–Trinajstić information content (AvgIpc) is 3.11. The average molecular weight is 522 g/mol. The highest BCUT2D eigenvalue weighted by Gasteiger charge is 2.34. The molecule has 0 saturated carbocycles. The quantitative estimate of drug-likeness (QED) is 0.273. The number of carbonyl (C=O) groups is 2. The molecule has 1 fully saturated rings. The third-order valence-corrected chi connectivity index (χ3v) is 7.04. The molecule has 7 heteroatoms. The van der Waals surface area contributed by atoms with E-state index in [1.54, 1.807) is 6.08 Å². The molecule has 2 amide bonds. The predicted octanol–water partition coefficient (Wildman–Crippen LogP) is 7.47. The zero-order chi connectivity index (χ0) is 25.7. The van der Waals surface area contributed by atoms with Crippen LogP contribution in [-0.4, -0.2) is 29.2 Å². The second-order valence-corrected chi connectivity index (χ2v) is 10.2. The van der Waals surface area contributed by atoms with E-state index in [1.165, 1.54) is 4.90 Å². The van der Waals surface area contributed by atoms with Crippen LogP contribution in [0.2, 0.25) is 5.02 Å². The lowest BCUT2D eigenvalue weighted by Gasteiger charge is -2.17. The van der Waals surface area contributed by atoms with E-state index >= 15 is 0 Å². The first kappa shape index (κ1) is 25.9. The summed E-state index contributed by atoms with van der Waals surface area (Å²) < 4.78 is 11.8. The summed E-state index contributed by atoms with van der Waals surface area (Å²) in [7, 11) is 0. The largest absolute Gasteiger partial charge is 0.491 e. The number of imide groups is 1. The first-order valence-corrected chi connectivity index (χ1v) is 13.0. The lowest BCUT2D eigenvalue weighted by molar-refractivity contribution is -0.123. The van der Waals surface area contributed by atoms with Gasteiger partial charge in [0.05, 0.1) is 11.4 Å². The van der Waals surface area contributed by atoms with Crippen molar-refractivity contribution in [3.63, 3.8) is 0 Å². The van der Waals surface area contributed by atoms with Crippen LogP contribution in [0.4, 0.5) is 4.79 Å². The van der Waals surface area contributed by atoms with E-state index in [2.05, 4.69) is 26.0 Å². The topological polar surface area (TPSA) is 55.8 Å². The maximum absolute atomic E-state index is 12.9. The van der Waals surface area contributed by atoms with E-state index < -0.39 is 0 Å². The lowest BCUT2D eigenvalue weighted by Crippen LogP contribution is -2.32. The van der Waals surface area contributed by atoms with Gasteiger partial charge < -0.3 is 9.47 Å². The van der Waals surface area contributed by atoms with Crippen LogP contribution in [0.25, 0.3) is 6.08 Å². The Balaban J connectivity index is 1.35. The van der Waals surface area contributed by atoms with Gasteiger partial charge in [0.15, 0.2) is 0 Å². The number of amides is 2. The number of benzene rings is 3. The summed E-state index contributed by atoms with van der Waals surface area (Å²) >= 11 is 7.12. The number of hydrogen-bond acceptors (Lipinski definition) is 5. The predicted molar refractivity (Wildman–Crippen MR) is 146 cm³/mol. The van der Waals surface area contributed by atoms with Gasteiger partial charge in [0.1, 0.15) is 24.7 Å². The Morgan fingerprint density at radius 1 is 1.00 bits per heavy atom. The Morgan fingerprint density at radius 2 is 1.75 bits per heavy atom. The minimum atomic E-state index is -0.305. The summed E-state index contributed by atoms with van der Waals surface area (Å²) in [4.78, 5) is 27.0. The van der Waals surface area contributed by atoms with E-state index in [4.69, 9.17) is 21.1 Å². The van der Waals surface area contributed by atoms with E-state index in [0.29, 0.717) is 28.2 Å². The molecule has 0 N–H and O–H groups in total. The zero-order valence-electron chi connectivity index (χ0n) is 20.5. The number of nitrogens with zero attached hydrogens (tertiary/aromatic N) is 1. The highest BCUT2D eigenvalue weighted by molar-refractivity contribution is 8.18. The Hall–Kier alpha value is -3.22. The molecule has 1 aliphatic heterocycles. The van der Waals surface area contributed by atoms with Crippen molar-refractivity contribution in [2.24, 2.45) is 0 Å². The fourth-order valence-corrected chi connectivity index (χ4v) is 4.83. The number of hydrogen-bond donors (Lipinski definition) is 0. The van der Waals surface area contributed by atoms with Gasteiger partial charge in [-0.25, -0.2) is 0 Å². The van der Waals surface area contributed by atoms with Gasteiger partial charge in [0, 0.05) is 10.6 Å². The standard InChI is InChI=1S/C29H28ClNO4S/c1-19(2)24-13-8-20(3)16-26(24)34-15-14-31-28(32)27(36-29(31)33)17-21-9-11-23(12-10-21)35-18-22-6-4-5-7-25(22)30/h4-13,16-17,19H,14-15,18H2,1-3H3/b27-17-. The van der Waals surface area contributed by atoms with Crippen LogP contribution in [0.5, 0.6) is 11.5 Å². The van der Waals surface area contributed by atoms with Crippen molar-refractivity contribution in [3.05, 3.63) is 98.9 Å². The molecule has 0 bridgehead atoms. The second-order valence-electron chi connectivity index (χ2n) is 8.83. The summed E-state index contributed by atoms with van der Waals surface area (Å²) in [6.45, 7) is 7.03. The fourth-order valence-electron chi connectivity index (χ4n) is 3.77. The van der Waals surface area contributed by atoms with E-state index in [1.807, 2.05) is 61.5 Å². The van der Waals surface area contributed by atoms with Gasteiger partial charge in [-0.3, -0.25) is 14.5 Å². The molecule has 3 aromatic rings. The number of aryl methyl sites for hydroxylation is 1. The van der Waals surface area contributed by atoms with Crippen LogP contribution in [-0.2, 0) is 11.4 Å². The van der Waals surface area contributed by atoms with Crippen LogP contribution in [0.1, 0.15) is 42.0 Å². The Kier molecular flexibility index (Phi) is 8.39. The van der Waals surface area contributed by atoms with Gasteiger partial charge in [0.2, 0.25) is 0 Å². The Morgan fingerprint density at radius 3 is 2.47 bits per heavy atom. The van der Waals surface area contributed by atoms with Crippen LogP contribution < -0.4 is 9.47 Å². The fraction of sp³-hybridized carbons (Fsp3) is 0.241. The van der Waals surface area contributed by atoms with Crippen molar-refractivity contribution in [2.45, 2.75) is 33.3 Å². The van der Waals surface area contributed by atoms with Gasteiger partial charge in [-0.1, -0.05) is 67.9 Å². The minimum Gasteiger partial charge on any atom is -0.491 e. The molecule has 0 spiro atoms. The number of carbonyl (C=O) groups excluding carboxylic acids is 2. The van der Waals surface area contributed by atoms with Crippen molar-refractivity contribution in [3.8, 4) is 11.5 Å². The van der Waals surface area contributed by atoms with Gasteiger partial charge in [0.25, 0.3) is 11.1 Å². The van der Waals surface area contributed by atoms with Gasteiger partial charge in [-0.05, 0) is 71.6 Å². The molecule has 1 heterocycles. The van der Waals surface area contributed by atoms with E-state index in [0.717, 1.165) is 39.8 Å². The molecule has 0 unspecified atom stereocenters. The maximum atomic E-state index is 12.9. The molecule has 0 radical (unpaired) electrons. The molecule has 36 heavy (non-hydrogen) atoms. The number of thioether (sulfide) groups is 1. The van der Waals surface area contributed by atoms with Crippen LogP contribution in [0.15, 0.2) is 71.6 Å². The second kappa shape index (κ2) is 11.7. The number of halogens is 1. The van der Waals surface area contributed by atoms with Crippen molar-refractivity contribution in [1.82, 2.24) is 4.90 Å². The number of rotatable bonds is 9. The molecule has 0 aromatic heterocycles. The SMILES string of the molecule is Cc1ccc(C(C)C)c(OCCN2C(=O)S/C(=C\c3ccc(OCc4ccccc4Cl)cc3)C2=O)c1. The number of ether oxygens (including phenoxy) is 2. The summed E-state index contributed by atoms with van der Waals surface area (Å²) in [5, 5.41) is 0.373. The molecule has 1 aliphatic rings. The third kappa shape index (κ3) is 6.31. The van der Waals surface area contributed by atoms with Crippen molar-refractivity contribution < 1.29 is 19.1 Å². The molecule has 3 aromatic carbocycles. The summed E-state index contributed by atoms with van der Waals surface area (Å²) in [5.41, 5.74) is 3.92. The zero-order valence-corrected chi connectivity index (χ0v) is 22.1. The van der Waals surface area contributed by atoms with Crippen molar-refractivity contribution in [2.75, 3.05) is 13.2 Å². The molecule has 0 atom stereocenters. The van der Waals surface area contributed by atoms with E-state index in [-0.39, 0.29) is 24.3 Å². The first-order valence-electron chi connectivity index (χ1n) is 11.8. The van der Waals surface area contributed by atoms with Gasteiger partial charge >= 0.3 is 0 Å². The van der Waals surface area contributed by atoms with Gasteiger partial charge in [-0.15, -0.1) is 0 Å². The Bertz CT molecular complexity index is 1290. The molecule has 1 saturated heterocycles. The smallest absolute Gasteiger partial charge is 0.293 e. The van der Waals surface area contributed by atoms with Crippen molar-refractivity contribution in [1.29, 1.82) is 0 Å². The highest BCUT2D eigenvalue weighted by Crippen LogP contribution is 2.33. The molecule has 186 valence electrons. The van der Waals surface area contributed by atoms with Crippen LogP contribution in [0, 0.1) is 6.92 Å². The maximum Gasteiger partial charge on any atom is 0.293 e. The van der Waals surface area contributed by atoms with Crippen LogP contribution >= 0.6 is 23.4 Å². The van der Waals surface area contributed by atoms with Crippen LogP contribution in [0.3, 0.4) is 0 Å². The highest BCUT2D eigenvalue weighted by atomic mass is 35.5. The molecule has 0 aliphatic carbocycles. The molecule has 5 nitrogen and oxygen atoms in total.